The predicted octanol–water partition coefficient (Wildman–Crippen LogP) is 5.42. The van der Waals surface area contributed by atoms with Crippen molar-refractivity contribution in [2.45, 2.75) is 0 Å². The van der Waals surface area contributed by atoms with E-state index in [1.807, 2.05) is 53.9 Å². The number of aliphatic imine (C=N–C) groups is 1. The van der Waals surface area contributed by atoms with Crippen LogP contribution in [0, 0.1) is 0 Å². The molecule has 0 spiro atoms. The summed E-state index contributed by atoms with van der Waals surface area (Å²) in [4.78, 5) is 51.0. The van der Waals surface area contributed by atoms with E-state index in [1.165, 1.54) is 21.1 Å². The fourth-order valence-corrected chi connectivity index (χ4v) is 6.16. The molecule has 1 saturated heterocycles. The average molecular weight is 539 g/mol. The molecular weight excluding hydrogens is 520 g/mol. The molecule has 186 valence electrons. The van der Waals surface area contributed by atoms with Crippen LogP contribution in [-0.2, 0) is 14.4 Å². The number of thioether (sulfide) groups is 1. The topological polar surface area (TPSA) is 103 Å². The molecule has 2 amide bonds. The Hall–Kier alpha value is -4.54. The monoisotopic (exact) mass is 538 g/mol. The van der Waals surface area contributed by atoms with Gasteiger partial charge in [0.1, 0.15) is 6.54 Å². The number of fused-ring (bicyclic) bond motifs is 1. The third-order valence-electron chi connectivity index (χ3n) is 5.99. The molecule has 1 N–H and O–H groups in total. The first kappa shape index (κ1) is 23.8. The van der Waals surface area contributed by atoms with Gasteiger partial charge in [0, 0.05) is 16.5 Å². The summed E-state index contributed by atoms with van der Waals surface area (Å²) in [6.07, 6.45) is 0. The van der Waals surface area contributed by atoms with Crippen molar-refractivity contribution in [2.75, 3.05) is 16.3 Å². The molecule has 38 heavy (non-hydrogen) atoms. The van der Waals surface area contributed by atoms with E-state index in [2.05, 4.69) is 4.98 Å². The Balaban J connectivity index is 1.46. The number of anilines is 2. The maximum Gasteiger partial charge on any atom is 0.323 e. The number of carboxylic acid groups (broad SMARTS) is 1. The molecule has 3 heterocycles. The lowest BCUT2D eigenvalue weighted by Crippen LogP contribution is -2.33. The van der Waals surface area contributed by atoms with Gasteiger partial charge < -0.3 is 5.11 Å². The van der Waals surface area contributed by atoms with E-state index in [9.17, 15) is 19.5 Å². The highest BCUT2D eigenvalue weighted by Crippen LogP contribution is 2.46. The predicted molar refractivity (Wildman–Crippen MR) is 150 cm³/mol. The van der Waals surface area contributed by atoms with Crippen LogP contribution in [0.2, 0.25) is 0 Å². The normalized spacial score (nSPS) is 17.9. The molecule has 3 aromatic carbocycles. The number of carbonyl (C=O) groups is 3. The lowest BCUT2D eigenvalue weighted by Gasteiger charge is -2.15. The molecule has 0 bridgehead atoms. The van der Waals surface area contributed by atoms with Crippen LogP contribution in [0.4, 0.5) is 16.5 Å². The van der Waals surface area contributed by atoms with E-state index >= 15 is 0 Å². The molecule has 0 aliphatic carbocycles. The summed E-state index contributed by atoms with van der Waals surface area (Å²) < 4.78 is 0. The van der Waals surface area contributed by atoms with Gasteiger partial charge in [-0.3, -0.25) is 24.2 Å². The zero-order valence-corrected chi connectivity index (χ0v) is 21.3. The van der Waals surface area contributed by atoms with Crippen LogP contribution in [0.3, 0.4) is 0 Å². The van der Waals surface area contributed by atoms with Crippen LogP contribution in [0.25, 0.3) is 16.8 Å². The maximum absolute atomic E-state index is 13.9. The largest absolute Gasteiger partial charge is 0.480 e. The number of para-hydroxylation sites is 2. The molecule has 4 aromatic rings. The summed E-state index contributed by atoms with van der Waals surface area (Å²) in [6, 6.07) is 25.7. The summed E-state index contributed by atoms with van der Waals surface area (Å²) in [6.45, 7) is -0.504. The Kier molecular flexibility index (Phi) is 6.10. The Morgan fingerprint density at radius 1 is 0.895 bits per heavy atom. The van der Waals surface area contributed by atoms with Gasteiger partial charge >= 0.3 is 5.97 Å². The Morgan fingerprint density at radius 2 is 1.58 bits per heavy atom. The van der Waals surface area contributed by atoms with E-state index in [4.69, 9.17) is 4.99 Å². The molecule has 2 aliphatic rings. The van der Waals surface area contributed by atoms with E-state index in [0.29, 0.717) is 27.2 Å². The Labute approximate surface area is 225 Å². The van der Waals surface area contributed by atoms with Crippen molar-refractivity contribution in [1.29, 1.82) is 0 Å². The highest BCUT2D eigenvalue weighted by atomic mass is 32.2. The first-order valence-electron chi connectivity index (χ1n) is 11.6. The van der Waals surface area contributed by atoms with Gasteiger partial charge in [-0.2, -0.15) is 4.99 Å². The van der Waals surface area contributed by atoms with Gasteiger partial charge in [-0.15, -0.1) is 11.3 Å². The molecule has 2 aliphatic heterocycles. The minimum Gasteiger partial charge on any atom is -0.480 e. The fraction of sp³-hybridized carbons (Fsp3) is 0.0357. The third-order valence-corrected chi connectivity index (χ3v) is 7.77. The van der Waals surface area contributed by atoms with Crippen molar-refractivity contribution in [3.05, 3.63) is 101 Å². The SMILES string of the molecule is O=C(O)CN1C(=O)/C(=C2\S/C(=N/c3nc(-c4ccccc4)cs3)N(c3ccccc3)C2=O)c2ccccc21. The second-order valence-corrected chi connectivity index (χ2v) is 10.2. The first-order chi connectivity index (χ1) is 18.5. The molecule has 1 aromatic heterocycles. The van der Waals surface area contributed by atoms with Crippen molar-refractivity contribution in [3.63, 3.8) is 0 Å². The molecule has 1 fully saturated rings. The zero-order chi connectivity index (χ0) is 26.2. The van der Waals surface area contributed by atoms with Crippen LogP contribution >= 0.6 is 23.1 Å². The van der Waals surface area contributed by atoms with Crippen LogP contribution < -0.4 is 9.80 Å². The number of aromatic nitrogens is 1. The van der Waals surface area contributed by atoms with E-state index in [-0.39, 0.29) is 10.5 Å². The van der Waals surface area contributed by atoms with Gasteiger partial charge in [0.25, 0.3) is 11.8 Å². The van der Waals surface area contributed by atoms with Crippen molar-refractivity contribution < 1.29 is 19.5 Å². The molecule has 0 atom stereocenters. The van der Waals surface area contributed by atoms with Crippen molar-refractivity contribution in [3.8, 4) is 11.3 Å². The van der Waals surface area contributed by atoms with Crippen LogP contribution in [0.15, 0.2) is 100 Å². The van der Waals surface area contributed by atoms with Gasteiger partial charge in [-0.05, 0) is 30.0 Å². The third kappa shape index (κ3) is 4.19. The Bertz CT molecular complexity index is 1650. The maximum atomic E-state index is 13.9. The smallest absolute Gasteiger partial charge is 0.323 e. The molecule has 10 heteroatoms. The number of carboxylic acids is 1. The second kappa shape index (κ2) is 9.73. The van der Waals surface area contributed by atoms with Crippen LogP contribution in [-0.4, -0.2) is 39.6 Å². The number of rotatable bonds is 5. The van der Waals surface area contributed by atoms with Gasteiger partial charge in [-0.1, -0.05) is 66.7 Å². The molecular formula is C28H18N4O4S2. The lowest BCUT2D eigenvalue weighted by molar-refractivity contribution is -0.136. The minimum atomic E-state index is -1.14. The molecule has 6 rings (SSSR count). The standard InChI is InChI=1S/C28H18N4O4S2/c33-22(34)15-31-21-14-8-7-13-19(21)23(25(31)35)24-26(36)32(18-11-5-2-6-12-18)28(38-24)30-27-29-20(16-37-27)17-9-3-1-4-10-17/h1-14,16H,15H2,(H,33,34)/b24-23-,30-28+. The fourth-order valence-electron chi connectivity index (χ4n) is 4.34. The molecule has 0 saturated carbocycles. The zero-order valence-electron chi connectivity index (χ0n) is 19.6. The number of thiazole rings is 1. The quantitative estimate of drug-likeness (QED) is 0.341. The average Bonchev–Trinajstić information content (AvgIpc) is 3.60. The molecule has 0 unspecified atom stereocenters. The van der Waals surface area contributed by atoms with Gasteiger partial charge in [-0.25, -0.2) is 4.98 Å². The number of carbonyl (C=O) groups excluding carboxylic acids is 2. The Morgan fingerprint density at radius 3 is 2.32 bits per heavy atom. The lowest BCUT2D eigenvalue weighted by atomic mass is 10.1. The van der Waals surface area contributed by atoms with Gasteiger partial charge in [0.05, 0.1) is 27.5 Å². The minimum absolute atomic E-state index is 0.173. The number of hydrogen-bond donors (Lipinski definition) is 1. The molecule has 8 nitrogen and oxygen atoms in total. The van der Waals surface area contributed by atoms with E-state index < -0.39 is 24.3 Å². The first-order valence-corrected chi connectivity index (χ1v) is 13.2. The number of aliphatic carboxylic acids is 1. The van der Waals surface area contributed by atoms with Crippen molar-refractivity contribution in [2.24, 2.45) is 4.99 Å². The summed E-state index contributed by atoms with van der Waals surface area (Å²) in [7, 11) is 0. The summed E-state index contributed by atoms with van der Waals surface area (Å²) in [5.41, 5.74) is 3.48. The van der Waals surface area contributed by atoms with E-state index in [1.54, 1.807) is 36.4 Å². The number of nitrogens with zero attached hydrogens (tertiary/aromatic N) is 4. The second-order valence-electron chi connectivity index (χ2n) is 8.36. The summed E-state index contributed by atoms with van der Waals surface area (Å²) >= 11 is 2.44. The number of amidine groups is 1. The summed E-state index contributed by atoms with van der Waals surface area (Å²) in [5, 5.41) is 12.1. The molecule has 0 radical (unpaired) electrons. The number of hydrogen-bond acceptors (Lipinski definition) is 7. The number of benzene rings is 3. The number of amides is 2. The highest BCUT2D eigenvalue weighted by Gasteiger charge is 2.43. The highest BCUT2D eigenvalue weighted by molar-refractivity contribution is 8.19. The van der Waals surface area contributed by atoms with Crippen molar-refractivity contribution >= 4 is 68.1 Å². The van der Waals surface area contributed by atoms with Gasteiger partial charge in [0.15, 0.2) is 5.17 Å². The van der Waals surface area contributed by atoms with Crippen molar-refractivity contribution in [1.82, 2.24) is 4.98 Å². The van der Waals surface area contributed by atoms with Crippen LogP contribution in [0.1, 0.15) is 5.56 Å². The van der Waals surface area contributed by atoms with Gasteiger partial charge in [0.2, 0.25) is 5.13 Å². The van der Waals surface area contributed by atoms with Crippen LogP contribution in [0.5, 0.6) is 0 Å². The summed E-state index contributed by atoms with van der Waals surface area (Å²) in [5.74, 6) is -2.08. The van der Waals surface area contributed by atoms with E-state index in [0.717, 1.165) is 23.0 Å².